The molecule has 0 aliphatic carbocycles. The molecular formula is C10H17N3. The molecule has 0 saturated carbocycles. The second-order valence-electron chi connectivity index (χ2n) is 3.82. The third-order valence-corrected chi connectivity index (χ3v) is 2.69. The number of hydrogen-bond donors (Lipinski definition) is 2. The number of nitrogens with zero attached hydrogens (tertiary/aromatic N) is 1. The molecular weight excluding hydrogens is 162 g/mol. The molecule has 0 radical (unpaired) electrons. The summed E-state index contributed by atoms with van der Waals surface area (Å²) in [6.45, 7) is 2.42. The molecule has 1 saturated heterocycles. The number of anilines is 1. The number of piperidine rings is 1. The van der Waals surface area contributed by atoms with Gasteiger partial charge in [0.05, 0.1) is 5.69 Å². The first-order valence-corrected chi connectivity index (χ1v) is 4.92. The maximum Gasteiger partial charge on any atom is 0.0519 e. The number of aromatic nitrogens is 1. The molecule has 0 bridgehead atoms. The van der Waals surface area contributed by atoms with Crippen LogP contribution in [0.1, 0.15) is 12.8 Å². The summed E-state index contributed by atoms with van der Waals surface area (Å²) in [6, 6.07) is 2.74. The number of aromatic amines is 1. The molecule has 1 aromatic rings. The van der Waals surface area contributed by atoms with E-state index in [0.717, 1.165) is 0 Å². The van der Waals surface area contributed by atoms with Crippen LogP contribution in [0.3, 0.4) is 0 Å². The van der Waals surface area contributed by atoms with Crippen molar-refractivity contribution >= 4 is 5.69 Å². The molecule has 1 aliphatic heterocycles. The van der Waals surface area contributed by atoms with E-state index in [1.165, 1.54) is 31.6 Å². The normalized spacial score (nSPS) is 20.4. The molecule has 0 spiro atoms. The lowest BCUT2D eigenvalue weighted by Crippen LogP contribution is -2.36. The summed E-state index contributed by atoms with van der Waals surface area (Å²) in [5.74, 6) is 0. The molecule has 0 amide bonds. The van der Waals surface area contributed by atoms with Crippen LogP contribution in [0.25, 0.3) is 0 Å². The predicted octanol–water partition coefficient (Wildman–Crippen LogP) is 1.52. The Morgan fingerprint density at radius 1 is 1.46 bits per heavy atom. The second kappa shape index (κ2) is 3.83. The van der Waals surface area contributed by atoms with Gasteiger partial charge in [-0.2, -0.15) is 0 Å². The van der Waals surface area contributed by atoms with E-state index in [2.05, 4.69) is 28.3 Å². The lowest BCUT2D eigenvalue weighted by atomic mass is 10.1. The van der Waals surface area contributed by atoms with Crippen LogP contribution in [0.2, 0.25) is 0 Å². The zero-order valence-electron chi connectivity index (χ0n) is 8.09. The van der Waals surface area contributed by atoms with Gasteiger partial charge in [-0.05, 0) is 39.0 Å². The van der Waals surface area contributed by atoms with Crippen molar-refractivity contribution in [3.8, 4) is 0 Å². The van der Waals surface area contributed by atoms with Gasteiger partial charge in [0.1, 0.15) is 0 Å². The number of rotatable bonds is 2. The van der Waals surface area contributed by atoms with Crippen molar-refractivity contribution in [1.82, 2.24) is 9.88 Å². The molecule has 2 rings (SSSR count). The first kappa shape index (κ1) is 8.63. The van der Waals surface area contributed by atoms with E-state index < -0.39 is 0 Å². The predicted molar refractivity (Wildman–Crippen MR) is 54.9 cm³/mol. The van der Waals surface area contributed by atoms with Gasteiger partial charge < -0.3 is 15.2 Å². The molecule has 1 aliphatic rings. The Balaban J connectivity index is 1.83. The summed E-state index contributed by atoms with van der Waals surface area (Å²) >= 11 is 0. The van der Waals surface area contributed by atoms with E-state index in [9.17, 15) is 0 Å². The Morgan fingerprint density at radius 3 is 2.85 bits per heavy atom. The summed E-state index contributed by atoms with van der Waals surface area (Å²) < 4.78 is 0. The highest BCUT2D eigenvalue weighted by atomic mass is 15.1. The minimum Gasteiger partial charge on any atom is -0.381 e. The van der Waals surface area contributed by atoms with Crippen molar-refractivity contribution in [3.05, 3.63) is 18.5 Å². The summed E-state index contributed by atoms with van der Waals surface area (Å²) in [5.41, 5.74) is 1.22. The summed E-state index contributed by atoms with van der Waals surface area (Å²) in [7, 11) is 2.19. The standard InChI is InChI=1S/C10H17N3/c1-13-6-3-9(4-7-13)12-10-2-5-11-8-10/h2,5,8-9,11-12H,3-4,6-7H2,1H3. The Labute approximate surface area is 79.1 Å². The minimum absolute atomic E-state index is 0.659. The smallest absolute Gasteiger partial charge is 0.0519 e. The Kier molecular flexibility index (Phi) is 2.54. The van der Waals surface area contributed by atoms with Crippen molar-refractivity contribution in [3.63, 3.8) is 0 Å². The summed E-state index contributed by atoms with van der Waals surface area (Å²) in [6.07, 6.45) is 6.47. The lowest BCUT2D eigenvalue weighted by molar-refractivity contribution is 0.264. The maximum atomic E-state index is 3.52. The molecule has 13 heavy (non-hydrogen) atoms. The Bertz CT molecular complexity index is 235. The molecule has 0 atom stereocenters. The highest BCUT2D eigenvalue weighted by molar-refractivity contribution is 5.41. The van der Waals surface area contributed by atoms with Gasteiger partial charge in [-0.1, -0.05) is 0 Å². The van der Waals surface area contributed by atoms with Crippen LogP contribution >= 0.6 is 0 Å². The third kappa shape index (κ3) is 2.25. The van der Waals surface area contributed by atoms with E-state index >= 15 is 0 Å². The summed E-state index contributed by atoms with van der Waals surface area (Å²) in [4.78, 5) is 5.44. The first-order chi connectivity index (χ1) is 6.34. The van der Waals surface area contributed by atoms with Gasteiger partial charge in [0, 0.05) is 18.4 Å². The van der Waals surface area contributed by atoms with Crippen molar-refractivity contribution in [1.29, 1.82) is 0 Å². The highest BCUT2D eigenvalue weighted by Gasteiger charge is 2.15. The van der Waals surface area contributed by atoms with Crippen molar-refractivity contribution < 1.29 is 0 Å². The largest absolute Gasteiger partial charge is 0.381 e. The topological polar surface area (TPSA) is 31.1 Å². The van der Waals surface area contributed by atoms with Crippen molar-refractivity contribution in [2.24, 2.45) is 0 Å². The molecule has 1 aromatic heterocycles. The van der Waals surface area contributed by atoms with E-state index in [1.54, 1.807) is 0 Å². The van der Waals surface area contributed by atoms with E-state index in [-0.39, 0.29) is 0 Å². The first-order valence-electron chi connectivity index (χ1n) is 4.92. The zero-order chi connectivity index (χ0) is 9.10. The molecule has 0 aromatic carbocycles. The highest BCUT2D eigenvalue weighted by Crippen LogP contribution is 2.14. The maximum absolute atomic E-state index is 3.52. The third-order valence-electron chi connectivity index (χ3n) is 2.69. The van der Waals surface area contributed by atoms with Gasteiger partial charge in [0.2, 0.25) is 0 Å². The second-order valence-corrected chi connectivity index (χ2v) is 3.82. The van der Waals surface area contributed by atoms with Gasteiger partial charge in [-0.3, -0.25) is 0 Å². The number of hydrogen-bond acceptors (Lipinski definition) is 2. The molecule has 0 unspecified atom stereocenters. The van der Waals surface area contributed by atoms with Crippen LogP contribution in [0.5, 0.6) is 0 Å². The monoisotopic (exact) mass is 179 g/mol. The van der Waals surface area contributed by atoms with Gasteiger partial charge in [-0.15, -0.1) is 0 Å². The fraction of sp³-hybridized carbons (Fsp3) is 0.600. The van der Waals surface area contributed by atoms with Crippen LogP contribution in [-0.2, 0) is 0 Å². The number of H-pyrrole nitrogens is 1. The van der Waals surface area contributed by atoms with Crippen LogP contribution in [-0.4, -0.2) is 36.1 Å². The molecule has 3 heteroatoms. The Morgan fingerprint density at radius 2 is 2.23 bits per heavy atom. The fourth-order valence-corrected chi connectivity index (χ4v) is 1.80. The number of nitrogens with one attached hydrogen (secondary N) is 2. The van der Waals surface area contributed by atoms with E-state index in [4.69, 9.17) is 0 Å². The van der Waals surface area contributed by atoms with Gasteiger partial charge in [-0.25, -0.2) is 0 Å². The Hall–Kier alpha value is -0.960. The van der Waals surface area contributed by atoms with Crippen molar-refractivity contribution in [2.45, 2.75) is 18.9 Å². The van der Waals surface area contributed by atoms with Gasteiger partial charge >= 0.3 is 0 Å². The fourth-order valence-electron chi connectivity index (χ4n) is 1.80. The van der Waals surface area contributed by atoms with Gasteiger partial charge in [0.15, 0.2) is 0 Å². The van der Waals surface area contributed by atoms with Crippen molar-refractivity contribution in [2.75, 3.05) is 25.5 Å². The van der Waals surface area contributed by atoms with Gasteiger partial charge in [0.25, 0.3) is 0 Å². The average molecular weight is 179 g/mol. The van der Waals surface area contributed by atoms with E-state index in [1.807, 2.05) is 12.4 Å². The van der Waals surface area contributed by atoms with Crippen LogP contribution in [0, 0.1) is 0 Å². The minimum atomic E-state index is 0.659. The zero-order valence-corrected chi connectivity index (χ0v) is 8.09. The molecule has 1 fully saturated rings. The summed E-state index contributed by atoms with van der Waals surface area (Å²) in [5, 5.41) is 3.52. The van der Waals surface area contributed by atoms with E-state index in [0.29, 0.717) is 6.04 Å². The van der Waals surface area contributed by atoms with Crippen LogP contribution in [0.4, 0.5) is 5.69 Å². The van der Waals surface area contributed by atoms with Crippen LogP contribution in [0.15, 0.2) is 18.5 Å². The lowest BCUT2D eigenvalue weighted by Gasteiger charge is -2.29. The SMILES string of the molecule is CN1CCC(Nc2cc[nH]c2)CC1. The average Bonchev–Trinajstić information content (AvgIpc) is 2.62. The molecule has 3 nitrogen and oxygen atoms in total. The quantitative estimate of drug-likeness (QED) is 0.721. The molecule has 2 N–H and O–H groups in total. The van der Waals surface area contributed by atoms with Crippen LogP contribution < -0.4 is 5.32 Å². The number of likely N-dealkylation sites (tertiary alicyclic amines) is 1. The molecule has 72 valence electrons. The molecule has 2 heterocycles.